The number of benzene rings is 2. The second-order valence-electron chi connectivity index (χ2n) is 7.90. The Morgan fingerprint density at radius 3 is 2.07 bits per heavy atom. The summed E-state index contributed by atoms with van der Waals surface area (Å²) in [4.78, 5) is 39.9. The molecule has 5 N–H and O–H groups in total. The van der Waals surface area contributed by atoms with Crippen LogP contribution in [-0.2, 0) is 42.0 Å². The second kappa shape index (κ2) is 33.0. The second-order valence-corrected chi connectivity index (χ2v) is 7.90. The molecule has 0 aliphatic carbocycles. The first-order valence-corrected chi connectivity index (χ1v) is 12.7. The largest absolute Gasteiger partial charge is 1.00 e. The van der Waals surface area contributed by atoms with E-state index in [0.29, 0.717) is 6.54 Å². The Bertz CT molecular complexity index is 995. The summed E-state index contributed by atoms with van der Waals surface area (Å²) in [5.41, 5.74) is 5.65. The van der Waals surface area contributed by atoms with Crippen molar-refractivity contribution < 1.29 is 106 Å². The summed E-state index contributed by atoms with van der Waals surface area (Å²) in [5.74, 6) is 0.220. The molecule has 0 aromatic heterocycles. The molecular weight excluding hydrogens is 1020 g/mol. The minimum Gasteiger partial charge on any atom is -0.699 e. The zero-order chi connectivity index (χ0) is 31.6. The van der Waals surface area contributed by atoms with Gasteiger partial charge in [0.05, 0.1) is 11.2 Å². The number of ether oxygens (including phenoxy) is 2. The fraction of sp³-hybridized carbons (Fsp3) is 0.444. The van der Waals surface area contributed by atoms with E-state index in [1.54, 1.807) is 26.0 Å². The molecule has 2 rings (SSSR count). The number of non-ortho nitro benzene ring substituents is 1. The van der Waals surface area contributed by atoms with E-state index in [9.17, 15) is 19.7 Å². The van der Waals surface area contributed by atoms with Crippen LogP contribution in [0.4, 0.5) is 16.2 Å². The quantitative estimate of drug-likeness (QED) is 0.0215. The van der Waals surface area contributed by atoms with E-state index >= 15 is 0 Å². The van der Waals surface area contributed by atoms with Gasteiger partial charge in [0.2, 0.25) is 6.41 Å². The molecule has 0 heterocycles. The van der Waals surface area contributed by atoms with Crippen LogP contribution < -0.4 is 72.5 Å². The molecular formula is C27H41FmKN6O8W-2. The van der Waals surface area contributed by atoms with Gasteiger partial charge in [-0.05, 0) is 37.2 Å². The third-order valence-corrected chi connectivity index (χ3v) is 4.47. The third kappa shape index (κ3) is 26.7. The molecule has 248 valence electrons. The van der Waals surface area contributed by atoms with Crippen LogP contribution in [0.5, 0.6) is 5.75 Å². The number of carbonyl (C=O) groups is 2. The minimum absolute atomic E-state index is 0. The summed E-state index contributed by atoms with van der Waals surface area (Å²) in [5, 5.41) is 33.3. The van der Waals surface area contributed by atoms with Gasteiger partial charge in [0.15, 0.2) is 0 Å². The summed E-state index contributed by atoms with van der Waals surface area (Å²) >= 11 is 0. The van der Waals surface area contributed by atoms with Crippen LogP contribution in [0.1, 0.15) is 40.2 Å². The number of aliphatic hydroxyl groups is 1. The van der Waals surface area contributed by atoms with Crippen molar-refractivity contribution in [3.8, 4) is 5.75 Å². The molecule has 0 spiro atoms. The SMILES string of the molecule is CC.CC(C)C(O)N[C-]=O.CNCC[N-]C(C)[N-]c1ccc(COC(=O)Oc2ccc([N+](=O)[O-])cc2)cc1.NC=O.[Fm].[K+].[W]. The number of hydrogen-bond acceptors (Lipinski definition) is 9. The summed E-state index contributed by atoms with van der Waals surface area (Å²) in [6.07, 6.45) is -0.130. The van der Waals surface area contributed by atoms with E-state index < -0.39 is 17.3 Å². The van der Waals surface area contributed by atoms with Gasteiger partial charge in [-0.1, -0.05) is 58.9 Å². The van der Waals surface area contributed by atoms with E-state index in [0.717, 1.165) is 17.8 Å². The van der Waals surface area contributed by atoms with E-state index in [2.05, 4.69) is 27.0 Å². The molecule has 2 aromatic rings. The number of carbonyl (C=O) groups excluding carboxylic acids is 3. The predicted molar refractivity (Wildman–Crippen MR) is 156 cm³/mol. The first-order chi connectivity index (χ1) is 19.6. The number of rotatable bonds is 13. The minimum atomic E-state index is -0.889. The Morgan fingerprint density at radius 2 is 1.66 bits per heavy atom. The van der Waals surface area contributed by atoms with Crippen molar-refractivity contribution in [2.24, 2.45) is 11.7 Å². The normalized spacial score (nSPS) is 10.2. The molecule has 0 radical (unpaired) electrons. The third-order valence-electron chi connectivity index (χ3n) is 4.47. The number of nitrogens with zero attached hydrogens (tertiary/aromatic N) is 3. The van der Waals surface area contributed by atoms with E-state index in [-0.39, 0.29) is 109 Å². The molecule has 0 aliphatic rings. The maximum atomic E-state index is 11.7. The molecule has 0 saturated carbocycles. The maximum Gasteiger partial charge on any atom is 1.00 e. The number of likely N-dealkylation sites (N-methyl/N-ethyl adjacent to an activating group) is 1. The van der Waals surface area contributed by atoms with Crippen LogP contribution in [0.2, 0.25) is 0 Å². The maximum absolute atomic E-state index is 11.7. The molecule has 0 bridgehead atoms. The van der Waals surface area contributed by atoms with Crippen molar-refractivity contribution >= 4 is 30.4 Å². The van der Waals surface area contributed by atoms with Crippen molar-refractivity contribution in [3.05, 3.63) is 74.8 Å². The van der Waals surface area contributed by atoms with Gasteiger partial charge in [-0.3, -0.25) is 14.9 Å². The van der Waals surface area contributed by atoms with E-state index in [1.165, 1.54) is 30.7 Å². The van der Waals surface area contributed by atoms with Gasteiger partial charge in [-0.25, -0.2) is 11.0 Å². The van der Waals surface area contributed by atoms with Gasteiger partial charge in [0.25, 0.3) is 5.69 Å². The number of nitrogens with two attached hydrogens (primary N) is 1. The van der Waals surface area contributed by atoms with Crippen molar-refractivity contribution in [3.63, 3.8) is 0 Å². The topological polar surface area (TPSA) is 211 Å². The number of nitro groups is 1. The summed E-state index contributed by atoms with van der Waals surface area (Å²) < 4.78 is 10.0. The molecule has 2 amide bonds. The Kier molecular flexibility index (Phi) is 38.0. The fourth-order valence-electron chi connectivity index (χ4n) is 2.43. The number of primary amides is 1. The zero-order valence-corrected chi connectivity index (χ0v) is 34.4. The zero-order valence-electron chi connectivity index (χ0n) is 26.0. The molecule has 0 saturated heterocycles. The van der Waals surface area contributed by atoms with Gasteiger partial charge >= 0.3 is 57.5 Å². The van der Waals surface area contributed by atoms with Crippen LogP contribution in [0.15, 0.2) is 48.5 Å². The van der Waals surface area contributed by atoms with Crippen molar-refractivity contribution in [1.29, 1.82) is 0 Å². The van der Waals surface area contributed by atoms with E-state index in [4.69, 9.17) is 19.4 Å². The van der Waals surface area contributed by atoms with Gasteiger partial charge in [0, 0.05) is 33.2 Å². The standard InChI is InChI=1S/C19H22N4O5.C5H10NO2.C2H6.CH3NO.Fm.K.W/c1-14(21-12-11-20-2)22-16-5-3-15(4-6-16)13-27-19(24)28-18-9-7-17(8-10-18)23(25)26;1-4(2)5(8)6-3-7;1-2;2-1-3;;;/h3-10,14,20H,11-13H2,1-2H3;4-5,8H,1-2H3,(H,6,7);1-2H3;1H,(H2,2,3);;;/q-2;-1;;;;+1;. The van der Waals surface area contributed by atoms with Gasteiger partial charge in [-0.15, -0.1) is 12.2 Å². The molecule has 2 unspecified atom stereocenters. The van der Waals surface area contributed by atoms with Crippen LogP contribution in [0.3, 0.4) is 0 Å². The Balaban J connectivity index is -0.000000270. The first-order valence-electron chi connectivity index (χ1n) is 12.7. The Labute approximate surface area is 310 Å². The van der Waals surface area contributed by atoms with E-state index in [1.807, 2.05) is 40.0 Å². The monoisotopic (exact) mass is 1060 g/mol. The molecule has 0 aliphatic heterocycles. The van der Waals surface area contributed by atoms with Crippen LogP contribution in [-0.4, -0.2) is 61.5 Å². The van der Waals surface area contributed by atoms with Crippen LogP contribution in [0.25, 0.3) is 10.6 Å². The van der Waals surface area contributed by atoms with Gasteiger partial charge in [0.1, 0.15) is 12.4 Å². The number of hydrogen-bond donors (Lipinski definition) is 4. The fourth-order valence-corrected chi connectivity index (χ4v) is 2.43. The van der Waals surface area contributed by atoms with Gasteiger partial charge in [-0.2, -0.15) is 6.41 Å². The number of nitrogens with one attached hydrogen (secondary N) is 2. The number of amides is 2. The first kappa shape index (κ1) is 50.7. The van der Waals surface area contributed by atoms with Gasteiger partial charge < -0.3 is 46.4 Å². The summed E-state index contributed by atoms with van der Waals surface area (Å²) in [6.45, 7) is 11.1. The predicted octanol–water partition coefficient (Wildman–Crippen LogP) is 1.00. The molecule has 14 nitrogen and oxygen atoms in total. The van der Waals surface area contributed by atoms with Crippen molar-refractivity contribution in [1.82, 2.24) is 10.6 Å². The molecule has 2 atom stereocenters. The van der Waals surface area contributed by atoms with Crippen LogP contribution >= 0.6 is 0 Å². The Hall–Kier alpha value is -2.95. The molecule has 2 aromatic carbocycles. The number of aliphatic hydroxyl groups excluding tert-OH is 1. The average molecular weight is 1060 g/mol. The van der Waals surface area contributed by atoms with Crippen LogP contribution in [0, 0.1) is 16.0 Å². The summed E-state index contributed by atoms with van der Waals surface area (Å²) in [7, 11) is 1.87. The Morgan fingerprint density at radius 1 is 1.14 bits per heavy atom. The summed E-state index contributed by atoms with van der Waals surface area (Å²) in [6, 6.07) is 12.4. The molecule has 44 heavy (non-hydrogen) atoms. The smallest absolute Gasteiger partial charge is 0.699 e. The molecule has 0 fully saturated rings. The van der Waals surface area contributed by atoms with Crippen molar-refractivity contribution in [2.75, 3.05) is 20.1 Å². The average Bonchev–Trinajstić information content (AvgIpc) is 2.95. The number of nitro benzene ring substituents is 1. The van der Waals surface area contributed by atoms with Crippen molar-refractivity contribution in [2.45, 2.75) is 53.6 Å². The molecule has 17 heteroatoms.